The van der Waals surface area contributed by atoms with Gasteiger partial charge in [-0.15, -0.1) is 22.9 Å². The minimum atomic E-state index is -0.855. The maximum atomic E-state index is 14.0. The molecule has 1 amide bonds. The van der Waals surface area contributed by atoms with E-state index in [2.05, 4.69) is 10.5 Å². The van der Waals surface area contributed by atoms with Gasteiger partial charge >= 0.3 is 0 Å². The second-order valence-corrected chi connectivity index (χ2v) is 7.87. The molecular formula is C19H18ClF2N3O2S. The lowest BCUT2D eigenvalue weighted by Crippen LogP contribution is -2.38. The molecule has 1 saturated heterocycles. The largest absolute Gasteiger partial charge is 0.342 e. The Balaban J connectivity index is 1.46. The van der Waals surface area contributed by atoms with E-state index in [4.69, 9.17) is 16.4 Å². The third-order valence-corrected chi connectivity index (χ3v) is 6.24. The number of hydroxylamine groups is 1. The van der Waals surface area contributed by atoms with Crippen LogP contribution in [0.5, 0.6) is 0 Å². The average molecular weight is 426 g/mol. The van der Waals surface area contributed by atoms with Gasteiger partial charge in [-0.3, -0.25) is 15.1 Å². The summed E-state index contributed by atoms with van der Waals surface area (Å²) in [7, 11) is 0. The lowest BCUT2D eigenvalue weighted by molar-refractivity contribution is -0.129. The molecule has 9 heteroatoms. The third-order valence-electron chi connectivity index (χ3n) is 5.01. The molecule has 28 heavy (non-hydrogen) atoms. The highest BCUT2D eigenvalue weighted by Crippen LogP contribution is 2.35. The number of amides is 1. The van der Waals surface area contributed by atoms with Crippen LogP contribution in [0, 0.1) is 11.6 Å². The molecule has 1 atom stereocenters. The van der Waals surface area contributed by atoms with E-state index in [-0.39, 0.29) is 23.3 Å². The van der Waals surface area contributed by atoms with Gasteiger partial charge < -0.3 is 4.90 Å². The highest BCUT2D eigenvalue weighted by atomic mass is 35.5. The summed E-state index contributed by atoms with van der Waals surface area (Å²) in [6, 6.07) is 3.73. The molecule has 1 aromatic carbocycles. The second kappa shape index (κ2) is 8.14. The Morgan fingerprint density at radius 2 is 2.04 bits per heavy atom. The number of hydrogen-bond acceptors (Lipinski definition) is 5. The van der Waals surface area contributed by atoms with Crippen LogP contribution < -0.4 is 5.48 Å². The van der Waals surface area contributed by atoms with Crippen LogP contribution in [0.1, 0.15) is 41.1 Å². The van der Waals surface area contributed by atoms with Crippen LogP contribution in [-0.4, -0.2) is 34.8 Å². The monoisotopic (exact) mass is 425 g/mol. The first-order chi connectivity index (χ1) is 13.6. The topological polar surface area (TPSA) is 54.5 Å². The van der Waals surface area contributed by atoms with E-state index in [0.717, 1.165) is 17.8 Å². The molecule has 148 valence electrons. The first-order valence-electron chi connectivity index (χ1n) is 8.93. The van der Waals surface area contributed by atoms with Crippen molar-refractivity contribution in [2.24, 2.45) is 0 Å². The van der Waals surface area contributed by atoms with Gasteiger partial charge in [0.25, 0.3) is 0 Å². The summed E-state index contributed by atoms with van der Waals surface area (Å²) in [5, 5.41) is 2.88. The number of alkyl halides is 1. The molecule has 4 rings (SSSR count). The van der Waals surface area contributed by atoms with E-state index in [1.165, 1.54) is 29.5 Å². The van der Waals surface area contributed by atoms with Gasteiger partial charge in [0.05, 0.1) is 22.0 Å². The summed E-state index contributed by atoms with van der Waals surface area (Å²) < 4.78 is 27.9. The predicted molar refractivity (Wildman–Crippen MR) is 103 cm³/mol. The lowest BCUT2D eigenvalue weighted by atomic mass is 9.97. The number of aromatic nitrogens is 1. The minimum absolute atomic E-state index is 0.00958. The van der Waals surface area contributed by atoms with Crippen LogP contribution in [0.4, 0.5) is 8.78 Å². The van der Waals surface area contributed by atoms with Crippen molar-refractivity contribution >= 4 is 34.5 Å². The summed E-state index contributed by atoms with van der Waals surface area (Å²) in [5.74, 6) is -1.05. The summed E-state index contributed by atoms with van der Waals surface area (Å²) in [5.41, 5.74) is 3.87. The van der Waals surface area contributed by atoms with Crippen LogP contribution in [0.3, 0.4) is 0 Å². The fourth-order valence-corrected chi connectivity index (χ4v) is 4.63. The van der Waals surface area contributed by atoms with Gasteiger partial charge in [0.1, 0.15) is 23.6 Å². The van der Waals surface area contributed by atoms with Gasteiger partial charge in [-0.25, -0.2) is 13.8 Å². The Bertz CT molecular complexity index is 892. The minimum Gasteiger partial charge on any atom is -0.342 e. The standard InChI is InChI=1S/C19H18ClF2N3O2S/c20-9-17(26)25-6-4-11(5-7-25)19-23-15(10-28-19)14-8-16(27-24-14)18-12(21)2-1-3-13(18)22/h1-3,8,10-11,16,24H,4-7,9H2. The zero-order valence-corrected chi connectivity index (χ0v) is 16.4. The van der Waals surface area contributed by atoms with Crippen molar-refractivity contribution in [1.29, 1.82) is 0 Å². The fourth-order valence-electron chi connectivity index (χ4n) is 3.47. The highest BCUT2D eigenvalue weighted by molar-refractivity contribution is 7.09. The van der Waals surface area contributed by atoms with Crippen molar-refractivity contribution in [3.8, 4) is 0 Å². The van der Waals surface area contributed by atoms with Crippen LogP contribution in [-0.2, 0) is 9.63 Å². The molecule has 5 nitrogen and oxygen atoms in total. The Hall–Kier alpha value is -2.03. The number of halogens is 3. The molecule has 0 aliphatic carbocycles. The molecule has 2 aromatic rings. The maximum Gasteiger partial charge on any atom is 0.237 e. The fraction of sp³-hybridized carbons (Fsp3) is 0.368. The molecule has 0 radical (unpaired) electrons. The number of rotatable bonds is 4. The zero-order valence-electron chi connectivity index (χ0n) is 14.8. The Morgan fingerprint density at radius 3 is 2.71 bits per heavy atom. The molecular weight excluding hydrogens is 408 g/mol. The van der Waals surface area contributed by atoms with Crippen LogP contribution in [0.15, 0.2) is 29.7 Å². The third kappa shape index (κ3) is 3.76. The molecule has 0 saturated carbocycles. The molecule has 2 aliphatic rings. The van der Waals surface area contributed by atoms with Crippen molar-refractivity contribution in [2.75, 3.05) is 19.0 Å². The van der Waals surface area contributed by atoms with Gasteiger partial charge in [-0.05, 0) is 31.1 Å². The van der Waals surface area contributed by atoms with Crippen molar-refractivity contribution in [1.82, 2.24) is 15.4 Å². The smallest absolute Gasteiger partial charge is 0.237 e. The number of nitrogens with one attached hydrogen (secondary N) is 1. The van der Waals surface area contributed by atoms with Crippen LogP contribution in [0.2, 0.25) is 0 Å². The summed E-state index contributed by atoms with van der Waals surface area (Å²) in [6.45, 7) is 1.34. The molecule has 1 fully saturated rings. The number of piperidine rings is 1. The number of nitrogens with zero attached hydrogens (tertiary/aromatic N) is 2. The number of likely N-dealkylation sites (tertiary alicyclic amines) is 1. The lowest BCUT2D eigenvalue weighted by Gasteiger charge is -2.30. The van der Waals surface area contributed by atoms with Crippen LogP contribution >= 0.6 is 22.9 Å². The number of hydrogen-bond donors (Lipinski definition) is 1. The van der Waals surface area contributed by atoms with Gasteiger partial charge in [0.15, 0.2) is 0 Å². The van der Waals surface area contributed by atoms with Crippen molar-refractivity contribution in [3.05, 3.63) is 57.6 Å². The first-order valence-corrected chi connectivity index (χ1v) is 10.3. The van der Waals surface area contributed by atoms with E-state index >= 15 is 0 Å². The summed E-state index contributed by atoms with van der Waals surface area (Å²) >= 11 is 7.15. The number of carbonyl (C=O) groups excluding carboxylic acids is 1. The average Bonchev–Trinajstić information content (AvgIpc) is 3.37. The quantitative estimate of drug-likeness (QED) is 0.753. The van der Waals surface area contributed by atoms with Crippen molar-refractivity contribution in [3.63, 3.8) is 0 Å². The number of carbonyl (C=O) groups is 1. The highest BCUT2D eigenvalue weighted by Gasteiger charge is 2.28. The molecule has 2 aliphatic heterocycles. The van der Waals surface area contributed by atoms with E-state index < -0.39 is 17.7 Å². The SMILES string of the molecule is O=C(CCl)N1CCC(c2nc(C3=CC(c4c(F)cccc4F)ON3)cs2)CC1. The molecule has 1 unspecified atom stereocenters. The van der Waals surface area contributed by atoms with E-state index in [0.29, 0.717) is 24.5 Å². The number of benzene rings is 1. The van der Waals surface area contributed by atoms with E-state index in [1.54, 1.807) is 11.0 Å². The van der Waals surface area contributed by atoms with E-state index in [1.807, 2.05) is 5.38 Å². The molecule has 1 aromatic heterocycles. The second-order valence-electron chi connectivity index (χ2n) is 6.72. The Labute approximate surface area is 169 Å². The molecule has 0 spiro atoms. The van der Waals surface area contributed by atoms with Crippen LogP contribution in [0.25, 0.3) is 5.70 Å². The number of thiazole rings is 1. The molecule has 3 heterocycles. The zero-order chi connectivity index (χ0) is 19.7. The Morgan fingerprint density at radius 1 is 1.32 bits per heavy atom. The predicted octanol–water partition coefficient (Wildman–Crippen LogP) is 3.98. The van der Waals surface area contributed by atoms with Crippen molar-refractivity contribution < 1.29 is 18.4 Å². The van der Waals surface area contributed by atoms with E-state index in [9.17, 15) is 13.6 Å². The van der Waals surface area contributed by atoms with Gasteiger partial charge in [0, 0.05) is 24.4 Å². The van der Waals surface area contributed by atoms with Gasteiger partial charge in [-0.2, -0.15) is 0 Å². The Kier molecular flexibility index (Phi) is 5.61. The normalized spacial score (nSPS) is 20.2. The van der Waals surface area contributed by atoms with Gasteiger partial charge in [0.2, 0.25) is 5.91 Å². The van der Waals surface area contributed by atoms with Crippen molar-refractivity contribution in [2.45, 2.75) is 24.9 Å². The summed E-state index contributed by atoms with van der Waals surface area (Å²) in [6.07, 6.45) is 2.44. The maximum absolute atomic E-state index is 14.0. The van der Waals surface area contributed by atoms with Gasteiger partial charge in [-0.1, -0.05) is 6.07 Å². The first kappa shape index (κ1) is 19.3. The molecule has 0 bridgehead atoms. The molecule has 1 N–H and O–H groups in total. The summed E-state index contributed by atoms with van der Waals surface area (Å²) in [4.78, 5) is 23.5.